The van der Waals surface area contributed by atoms with Crippen molar-refractivity contribution in [3.63, 3.8) is 0 Å². The fourth-order valence-corrected chi connectivity index (χ4v) is 11.6. The Balaban J connectivity index is 3.07. The van der Waals surface area contributed by atoms with E-state index in [0.717, 1.165) is 7.86 Å². The Labute approximate surface area is 162 Å². The van der Waals surface area contributed by atoms with Gasteiger partial charge in [0.15, 0.2) is 0 Å². The van der Waals surface area contributed by atoms with Crippen LogP contribution in [0.5, 0.6) is 0 Å². The Morgan fingerprint density at radius 2 is 1.45 bits per heavy atom. The zero-order chi connectivity index (χ0) is 16.6. The van der Waals surface area contributed by atoms with Crippen LogP contribution < -0.4 is 0 Å². The van der Waals surface area contributed by atoms with E-state index in [1.807, 2.05) is 0 Å². The first kappa shape index (κ1) is 21.4. The second-order valence-electron chi connectivity index (χ2n) is 5.27. The van der Waals surface area contributed by atoms with Gasteiger partial charge in [-0.25, -0.2) is 0 Å². The van der Waals surface area contributed by atoms with E-state index in [1.165, 1.54) is 0 Å². The third kappa shape index (κ3) is 5.71. The molecule has 22 heavy (non-hydrogen) atoms. The van der Waals surface area contributed by atoms with E-state index in [1.54, 1.807) is 13.8 Å². The van der Waals surface area contributed by atoms with Gasteiger partial charge in [0.2, 0.25) is 0 Å². The first-order valence-corrected chi connectivity index (χ1v) is 29.0. The number of carbonyl (C=O) groups is 2. The zero-order valence-corrected chi connectivity index (χ0v) is 25.6. The maximum atomic E-state index is 12.5. The molecule has 5 nitrogen and oxygen atoms in total. The van der Waals surface area contributed by atoms with Crippen molar-refractivity contribution in [2.75, 3.05) is 13.2 Å². The summed E-state index contributed by atoms with van der Waals surface area (Å²) in [6, 6.07) is 0. The van der Waals surface area contributed by atoms with Crippen LogP contribution in [0.2, 0.25) is 7.86 Å². The first-order chi connectivity index (χ1) is 10.5. The fourth-order valence-electron chi connectivity index (χ4n) is 2.77. The second kappa shape index (κ2) is 11.1. The number of hydrogen-bond donors (Lipinski definition) is 0. The number of hydrogen-bond acceptors (Lipinski definition) is 5. The van der Waals surface area contributed by atoms with Gasteiger partial charge in [-0.2, -0.15) is 0 Å². The summed E-state index contributed by atoms with van der Waals surface area (Å²) in [5, 5.41) is 0. The van der Waals surface area contributed by atoms with Crippen LogP contribution in [0, 0.1) is 5.41 Å². The quantitative estimate of drug-likeness (QED) is 0.219. The summed E-state index contributed by atoms with van der Waals surface area (Å²) in [6.45, 7) is 3.94. The summed E-state index contributed by atoms with van der Waals surface area (Å²) in [5.41, 5.74) is -1.25. The van der Waals surface area contributed by atoms with Crippen LogP contribution in [0.1, 0.15) is 26.7 Å². The molecular formula is C13H20Cl2Hg2O5. The molecule has 1 fully saturated rings. The number of rotatable bonds is 8. The van der Waals surface area contributed by atoms with E-state index in [-0.39, 0.29) is 25.4 Å². The van der Waals surface area contributed by atoms with Crippen LogP contribution in [0.15, 0.2) is 0 Å². The molecule has 2 unspecified atom stereocenters. The van der Waals surface area contributed by atoms with Crippen LogP contribution in [-0.2, 0) is 70.5 Å². The van der Waals surface area contributed by atoms with Crippen molar-refractivity contribution in [2.24, 2.45) is 5.41 Å². The Hall–Kier alpha value is 1.35. The minimum atomic E-state index is -1.46. The molecule has 1 rings (SSSR count). The molecular weight excluding hydrogens is 708 g/mol. The van der Waals surface area contributed by atoms with Gasteiger partial charge in [-0.1, -0.05) is 0 Å². The van der Waals surface area contributed by atoms with Crippen molar-refractivity contribution >= 4 is 28.4 Å². The number of halogens is 2. The standard InChI is InChI=1S/C13H20O5.2ClH.2Hg/c1-5-16-11(14)13(12(15)17-6-2)7-9(3)18-10(4)8-13;;;;/h9-10H,3-8H2,1-2H3;2*1H;;/q;;;2*+1/p-2. The molecule has 0 aliphatic carbocycles. The van der Waals surface area contributed by atoms with Gasteiger partial charge in [-0.15, -0.1) is 0 Å². The molecule has 0 amide bonds. The number of esters is 2. The summed E-state index contributed by atoms with van der Waals surface area (Å²) in [6.07, 6.45) is 0.326. The van der Waals surface area contributed by atoms with Crippen molar-refractivity contribution in [1.29, 1.82) is 0 Å². The van der Waals surface area contributed by atoms with Gasteiger partial charge in [0.25, 0.3) is 0 Å². The fraction of sp³-hybridized carbons (Fsp3) is 0.846. The van der Waals surface area contributed by atoms with Crippen molar-refractivity contribution in [3.8, 4) is 0 Å². The molecule has 0 radical (unpaired) electrons. The molecule has 120 valence electrons. The molecule has 0 aromatic heterocycles. The predicted molar refractivity (Wildman–Crippen MR) is 74.9 cm³/mol. The molecule has 0 aromatic rings. The normalized spacial score (nSPS) is 23.1. The van der Waals surface area contributed by atoms with Crippen LogP contribution >= 0.6 is 16.5 Å². The van der Waals surface area contributed by atoms with Crippen molar-refractivity contribution in [1.82, 2.24) is 0 Å². The molecule has 1 saturated heterocycles. The average molecular weight is 728 g/mol. The Morgan fingerprint density at radius 1 is 1.05 bits per heavy atom. The summed E-state index contributed by atoms with van der Waals surface area (Å²) >= 11 is -2.92. The zero-order valence-electron chi connectivity index (χ0n) is 13.1. The van der Waals surface area contributed by atoms with E-state index in [0.29, 0.717) is 12.8 Å². The third-order valence-corrected chi connectivity index (χ3v) is 14.3. The molecule has 0 aromatic carbocycles. The number of ether oxygens (including phenoxy) is 3. The van der Waals surface area contributed by atoms with Crippen LogP contribution in [-0.4, -0.2) is 37.4 Å². The van der Waals surface area contributed by atoms with Crippen molar-refractivity contribution in [3.05, 3.63) is 0 Å². The van der Waals surface area contributed by atoms with Gasteiger partial charge in [0.1, 0.15) is 0 Å². The third-order valence-electron chi connectivity index (χ3n) is 3.73. The molecule has 2 atom stereocenters. The maximum absolute atomic E-state index is 12.5. The van der Waals surface area contributed by atoms with Gasteiger partial charge in [-0.3, -0.25) is 0 Å². The molecule has 1 aliphatic heterocycles. The minimum absolute atomic E-state index is 0.150. The number of carbonyl (C=O) groups excluding carboxylic acids is 2. The van der Waals surface area contributed by atoms with Crippen LogP contribution in [0.4, 0.5) is 0 Å². The monoisotopic (exact) mass is 730 g/mol. The average Bonchev–Trinajstić information content (AvgIpc) is 2.48. The van der Waals surface area contributed by atoms with E-state index in [9.17, 15) is 9.59 Å². The predicted octanol–water partition coefficient (Wildman–Crippen LogP) is 2.96. The summed E-state index contributed by atoms with van der Waals surface area (Å²) < 4.78 is 18.0. The van der Waals surface area contributed by atoms with Gasteiger partial charge < -0.3 is 0 Å². The van der Waals surface area contributed by atoms with Crippen LogP contribution in [0.3, 0.4) is 0 Å². The Kier molecular flexibility index (Phi) is 10.8. The summed E-state index contributed by atoms with van der Waals surface area (Å²) in [5.74, 6) is -0.992. The van der Waals surface area contributed by atoms with Crippen LogP contribution in [0.25, 0.3) is 0 Å². The topological polar surface area (TPSA) is 61.8 Å². The molecule has 1 heterocycles. The second-order valence-corrected chi connectivity index (χ2v) is 19.3. The molecule has 0 bridgehead atoms. The van der Waals surface area contributed by atoms with Crippen molar-refractivity contribution in [2.45, 2.75) is 46.8 Å². The van der Waals surface area contributed by atoms with Crippen molar-refractivity contribution < 1.29 is 70.5 Å². The molecule has 1 aliphatic rings. The van der Waals surface area contributed by atoms with E-state index in [4.69, 9.17) is 30.7 Å². The summed E-state index contributed by atoms with van der Waals surface area (Å²) in [4.78, 5) is 25.1. The molecule has 0 N–H and O–H groups in total. The Morgan fingerprint density at radius 3 is 1.77 bits per heavy atom. The first-order valence-electron chi connectivity index (χ1n) is 7.65. The van der Waals surface area contributed by atoms with E-state index < -0.39 is 64.0 Å². The van der Waals surface area contributed by atoms with Gasteiger partial charge in [-0.05, 0) is 0 Å². The van der Waals surface area contributed by atoms with E-state index >= 15 is 0 Å². The van der Waals surface area contributed by atoms with Gasteiger partial charge in [0, 0.05) is 0 Å². The molecule has 0 spiro atoms. The molecule has 0 saturated carbocycles. The van der Waals surface area contributed by atoms with Gasteiger partial charge >= 0.3 is 164 Å². The van der Waals surface area contributed by atoms with E-state index in [2.05, 4.69) is 0 Å². The SMILES string of the molecule is CCOC(=O)C1(C(=O)OCC)CC([CH2][Hg][Cl])OC([CH2][Hg][Cl])C1. The van der Waals surface area contributed by atoms with Gasteiger partial charge in [0.05, 0.1) is 0 Å². The Bertz CT molecular complexity index is 349. The molecule has 9 heteroatoms. The summed E-state index contributed by atoms with van der Waals surface area (Å²) in [7, 11) is 12.1.